The predicted octanol–water partition coefficient (Wildman–Crippen LogP) is 1.79. The zero-order valence-corrected chi connectivity index (χ0v) is 13.4. The van der Waals surface area contributed by atoms with Crippen LogP contribution in [0.4, 0.5) is 8.78 Å². The van der Waals surface area contributed by atoms with Gasteiger partial charge in [0.25, 0.3) is 5.92 Å². The first kappa shape index (κ1) is 17.8. The Morgan fingerprint density at radius 1 is 1.39 bits per heavy atom. The Morgan fingerprint density at radius 3 is 2.43 bits per heavy atom. The highest BCUT2D eigenvalue weighted by Gasteiger charge is 2.58. The van der Waals surface area contributed by atoms with Crippen molar-refractivity contribution in [2.75, 3.05) is 13.7 Å². The van der Waals surface area contributed by atoms with Crippen LogP contribution in [-0.4, -0.2) is 44.7 Å². The molecule has 128 valence electrons. The number of hydrogen-bond acceptors (Lipinski definition) is 4. The van der Waals surface area contributed by atoms with Crippen molar-refractivity contribution in [2.24, 2.45) is 0 Å². The Hall–Kier alpha value is -1.58. The van der Waals surface area contributed by atoms with E-state index in [1.807, 2.05) is 0 Å². The van der Waals surface area contributed by atoms with Crippen LogP contribution in [0, 0.1) is 6.92 Å². The van der Waals surface area contributed by atoms with E-state index in [4.69, 9.17) is 9.84 Å². The number of aryl methyl sites for hydroxylation is 1. The van der Waals surface area contributed by atoms with Crippen molar-refractivity contribution in [1.82, 2.24) is 4.72 Å². The number of halogens is 2. The van der Waals surface area contributed by atoms with E-state index in [1.165, 1.54) is 20.1 Å². The fourth-order valence-corrected chi connectivity index (χ4v) is 4.46. The monoisotopic (exact) mass is 349 g/mol. The number of carboxylic acid groups (broad SMARTS) is 1. The van der Waals surface area contributed by atoms with Crippen molar-refractivity contribution in [3.63, 3.8) is 0 Å². The highest BCUT2D eigenvalue weighted by Crippen LogP contribution is 2.46. The Labute approximate surface area is 132 Å². The highest BCUT2D eigenvalue weighted by atomic mass is 32.2. The maximum Gasteiger partial charge on any atom is 0.335 e. The quantitative estimate of drug-likeness (QED) is 0.817. The number of rotatable bonds is 6. The van der Waals surface area contributed by atoms with Crippen molar-refractivity contribution in [3.8, 4) is 0 Å². The van der Waals surface area contributed by atoms with Crippen LogP contribution in [0.25, 0.3) is 0 Å². The van der Waals surface area contributed by atoms with Gasteiger partial charge in [0, 0.05) is 20.0 Å². The van der Waals surface area contributed by atoms with Gasteiger partial charge in [0.1, 0.15) is 0 Å². The number of carboxylic acids is 1. The van der Waals surface area contributed by atoms with Crippen LogP contribution in [0.5, 0.6) is 0 Å². The van der Waals surface area contributed by atoms with Gasteiger partial charge in [-0.2, -0.15) is 0 Å². The van der Waals surface area contributed by atoms with Crippen LogP contribution in [-0.2, 0) is 14.8 Å². The first-order chi connectivity index (χ1) is 10.5. The summed E-state index contributed by atoms with van der Waals surface area (Å²) in [6.45, 7) is 1.27. The molecule has 0 aliphatic heterocycles. The molecule has 0 aromatic heterocycles. The van der Waals surface area contributed by atoms with Crippen molar-refractivity contribution in [1.29, 1.82) is 0 Å². The molecule has 1 aliphatic carbocycles. The minimum Gasteiger partial charge on any atom is -0.478 e. The van der Waals surface area contributed by atoms with E-state index in [-0.39, 0.29) is 22.6 Å². The molecule has 2 rings (SSSR count). The number of aromatic carboxylic acids is 1. The summed E-state index contributed by atoms with van der Waals surface area (Å²) in [4.78, 5) is 10.7. The zero-order chi connectivity index (χ0) is 17.5. The largest absolute Gasteiger partial charge is 0.478 e. The van der Waals surface area contributed by atoms with E-state index < -0.39 is 40.3 Å². The number of carbonyl (C=O) groups is 1. The van der Waals surface area contributed by atoms with Gasteiger partial charge in [0.2, 0.25) is 10.0 Å². The molecular formula is C14H17F2NO5S. The summed E-state index contributed by atoms with van der Waals surface area (Å²) >= 11 is 0. The molecule has 0 atom stereocenters. The molecule has 1 aromatic carbocycles. The minimum atomic E-state index is -4.08. The van der Waals surface area contributed by atoms with Crippen LogP contribution < -0.4 is 4.72 Å². The van der Waals surface area contributed by atoms with Gasteiger partial charge in [0.05, 0.1) is 22.6 Å². The second-order valence-electron chi connectivity index (χ2n) is 5.81. The smallest absolute Gasteiger partial charge is 0.335 e. The summed E-state index contributed by atoms with van der Waals surface area (Å²) in [6.07, 6.45) is -1.28. The van der Waals surface area contributed by atoms with Gasteiger partial charge >= 0.3 is 5.97 Å². The third-order valence-corrected chi connectivity index (χ3v) is 5.42. The lowest BCUT2D eigenvalue weighted by atomic mass is 9.75. The van der Waals surface area contributed by atoms with Crippen molar-refractivity contribution in [3.05, 3.63) is 29.3 Å². The van der Waals surface area contributed by atoms with E-state index in [0.29, 0.717) is 0 Å². The molecule has 0 spiro atoms. The van der Waals surface area contributed by atoms with Crippen LogP contribution in [0.2, 0.25) is 0 Å². The molecule has 0 amide bonds. The lowest BCUT2D eigenvalue weighted by Gasteiger charge is -2.46. The average Bonchev–Trinajstić information content (AvgIpc) is 2.35. The fourth-order valence-electron chi connectivity index (χ4n) is 2.84. The molecule has 0 unspecified atom stereocenters. The van der Waals surface area contributed by atoms with Crippen LogP contribution in [0.15, 0.2) is 23.1 Å². The zero-order valence-electron chi connectivity index (χ0n) is 12.6. The first-order valence-corrected chi connectivity index (χ1v) is 8.23. The third-order valence-electron chi connectivity index (χ3n) is 3.68. The van der Waals surface area contributed by atoms with Gasteiger partial charge in [-0.15, -0.1) is 0 Å². The summed E-state index contributed by atoms with van der Waals surface area (Å²) in [7, 11) is -2.78. The van der Waals surface area contributed by atoms with Crippen molar-refractivity contribution >= 4 is 16.0 Å². The van der Waals surface area contributed by atoms with Crippen molar-refractivity contribution in [2.45, 2.75) is 36.1 Å². The molecule has 1 aliphatic rings. The second-order valence-corrected chi connectivity index (χ2v) is 7.46. The number of methoxy groups -OCH3 is 1. The number of benzene rings is 1. The SMILES string of the molecule is COCC1(NS(=O)(=O)c2ccc(C(=O)O)cc2C)CC(F)(F)C1. The number of ether oxygens (including phenoxy) is 1. The molecule has 23 heavy (non-hydrogen) atoms. The van der Waals surface area contributed by atoms with E-state index in [1.54, 1.807) is 0 Å². The molecule has 1 saturated carbocycles. The normalized spacial score (nSPS) is 19.1. The molecule has 9 heteroatoms. The van der Waals surface area contributed by atoms with E-state index in [0.717, 1.165) is 12.1 Å². The van der Waals surface area contributed by atoms with Gasteiger partial charge in [-0.05, 0) is 30.7 Å². The summed E-state index contributed by atoms with van der Waals surface area (Å²) in [6, 6.07) is 3.52. The van der Waals surface area contributed by atoms with Crippen molar-refractivity contribution < 1.29 is 31.8 Å². The fraction of sp³-hybridized carbons (Fsp3) is 0.500. The van der Waals surface area contributed by atoms with Gasteiger partial charge in [-0.1, -0.05) is 0 Å². The minimum absolute atomic E-state index is 0.0526. The van der Waals surface area contributed by atoms with Crippen LogP contribution in [0.1, 0.15) is 28.8 Å². The van der Waals surface area contributed by atoms with Crippen LogP contribution >= 0.6 is 0 Å². The molecule has 0 heterocycles. The maximum absolute atomic E-state index is 13.2. The topological polar surface area (TPSA) is 92.7 Å². The molecule has 0 bridgehead atoms. The number of hydrogen-bond donors (Lipinski definition) is 2. The molecule has 6 nitrogen and oxygen atoms in total. The Bertz CT molecular complexity index is 725. The standard InChI is InChI=1S/C14H17F2NO5S/c1-9-5-10(12(18)19)3-4-11(9)23(20,21)17-13(8-22-2)6-14(15,16)7-13/h3-5,17H,6-8H2,1-2H3,(H,18,19). The van der Waals surface area contributed by atoms with Gasteiger partial charge < -0.3 is 9.84 Å². The van der Waals surface area contributed by atoms with Crippen LogP contribution in [0.3, 0.4) is 0 Å². The summed E-state index contributed by atoms with van der Waals surface area (Å²) in [5.41, 5.74) is -1.19. The summed E-state index contributed by atoms with van der Waals surface area (Å²) < 4.78 is 58.5. The Balaban J connectivity index is 2.30. The number of nitrogens with one attached hydrogen (secondary N) is 1. The Kier molecular flexibility index (Phi) is 4.49. The van der Waals surface area contributed by atoms with Gasteiger partial charge in [-0.25, -0.2) is 26.7 Å². The average molecular weight is 349 g/mol. The molecule has 0 saturated heterocycles. The maximum atomic E-state index is 13.2. The molecule has 1 fully saturated rings. The third kappa shape index (κ3) is 3.67. The Morgan fingerprint density at radius 2 is 2.00 bits per heavy atom. The van der Waals surface area contributed by atoms with Gasteiger partial charge in [-0.3, -0.25) is 0 Å². The number of alkyl halides is 2. The second kappa shape index (κ2) is 5.81. The molecular weight excluding hydrogens is 332 g/mol. The van der Waals surface area contributed by atoms with Gasteiger partial charge in [0.15, 0.2) is 0 Å². The lowest BCUT2D eigenvalue weighted by Crippen LogP contribution is -2.64. The predicted molar refractivity (Wildman–Crippen MR) is 77.2 cm³/mol. The van der Waals surface area contributed by atoms with E-state index >= 15 is 0 Å². The first-order valence-electron chi connectivity index (χ1n) is 6.75. The number of sulfonamides is 1. The summed E-state index contributed by atoms with van der Waals surface area (Å²) in [5.74, 6) is -4.11. The summed E-state index contributed by atoms with van der Waals surface area (Å²) in [5, 5.41) is 8.90. The van der Waals surface area contributed by atoms with E-state index in [2.05, 4.69) is 4.72 Å². The highest BCUT2D eigenvalue weighted by molar-refractivity contribution is 7.89. The van der Waals surface area contributed by atoms with E-state index in [9.17, 15) is 22.0 Å². The molecule has 1 aromatic rings. The molecule has 2 N–H and O–H groups in total. The molecule has 0 radical (unpaired) electrons. The lowest BCUT2D eigenvalue weighted by molar-refractivity contribution is -0.143.